The zero-order valence-corrected chi connectivity index (χ0v) is 10.7. The van der Waals surface area contributed by atoms with E-state index >= 15 is 0 Å². The summed E-state index contributed by atoms with van der Waals surface area (Å²) in [5, 5.41) is 5.05. The van der Waals surface area contributed by atoms with Gasteiger partial charge in [0.15, 0.2) is 0 Å². The van der Waals surface area contributed by atoms with Crippen molar-refractivity contribution in [2.75, 3.05) is 26.2 Å². The highest BCUT2D eigenvalue weighted by Crippen LogP contribution is 2.12. The maximum atomic E-state index is 13.5. The Morgan fingerprint density at radius 2 is 1.78 bits per heavy atom. The molecule has 1 aromatic rings. The second-order valence-electron chi connectivity index (χ2n) is 4.31. The summed E-state index contributed by atoms with van der Waals surface area (Å²) in [5.74, 6) is -0.230. The first-order valence-electron chi connectivity index (χ1n) is 5.70. The molecule has 100 valence electrons. The van der Waals surface area contributed by atoms with Gasteiger partial charge in [-0.3, -0.25) is 4.90 Å². The van der Waals surface area contributed by atoms with Crippen molar-refractivity contribution in [2.24, 2.45) is 5.14 Å². The lowest BCUT2D eigenvalue weighted by molar-refractivity contribution is 0.180. The first kappa shape index (κ1) is 13.4. The van der Waals surface area contributed by atoms with Crippen LogP contribution in [0.15, 0.2) is 24.3 Å². The van der Waals surface area contributed by atoms with Crippen LogP contribution in [-0.4, -0.2) is 43.8 Å². The molecule has 7 heteroatoms. The quantitative estimate of drug-likeness (QED) is 0.852. The topological polar surface area (TPSA) is 66.6 Å². The lowest BCUT2D eigenvalue weighted by atomic mass is 10.2. The molecule has 0 bridgehead atoms. The van der Waals surface area contributed by atoms with Gasteiger partial charge in [0.2, 0.25) is 0 Å². The maximum Gasteiger partial charge on any atom is 0.276 e. The van der Waals surface area contributed by atoms with Crippen LogP contribution >= 0.6 is 0 Å². The predicted molar refractivity (Wildman–Crippen MR) is 66.4 cm³/mol. The van der Waals surface area contributed by atoms with Crippen molar-refractivity contribution in [2.45, 2.75) is 6.54 Å². The van der Waals surface area contributed by atoms with Crippen LogP contribution in [0.4, 0.5) is 4.39 Å². The summed E-state index contributed by atoms with van der Waals surface area (Å²) in [4.78, 5) is 2.01. The minimum absolute atomic E-state index is 0.230. The highest BCUT2D eigenvalue weighted by Gasteiger charge is 2.24. The Balaban J connectivity index is 1.94. The molecule has 0 atom stereocenters. The van der Waals surface area contributed by atoms with Gasteiger partial charge in [-0.05, 0) is 6.07 Å². The smallest absolute Gasteiger partial charge is 0.276 e. The van der Waals surface area contributed by atoms with E-state index in [1.54, 1.807) is 18.2 Å². The number of rotatable bonds is 3. The molecule has 1 aliphatic rings. The molecule has 1 heterocycles. The van der Waals surface area contributed by atoms with Gasteiger partial charge in [-0.2, -0.15) is 12.7 Å². The van der Waals surface area contributed by atoms with Crippen LogP contribution in [0, 0.1) is 5.82 Å². The molecule has 0 spiro atoms. The number of hydrogen-bond donors (Lipinski definition) is 1. The van der Waals surface area contributed by atoms with E-state index in [0.29, 0.717) is 38.3 Å². The Morgan fingerprint density at radius 1 is 1.17 bits per heavy atom. The van der Waals surface area contributed by atoms with Crippen LogP contribution in [0.25, 0.3) is 0 Å². The molecule has 2 N–H and O–H groups in total. The van der Waals surface area contributed by atoms with Crippen LogP contribution < -0.4 is 5.14 Å². The van der Waals surface area contributed by atoms with Gasteiger partial charge in [-0.1, -0.05) is 18.2 Å². The van der Waals surface area contributed by atoms with Crippen molar-refractivity contribution in [1.82, 2.24) is 9.21 Å². The van der Waals surface area contributed by atoms with Gasteiger partial charge in [0.05, 0.1) is 0 Å². The summed E-state index contributed by atoms with van der Waals surface area (Å²) >= 11 is 0. The summed E-state index contributed by atoms with van der Waals surface area (Å²) in [5.41, 5.74) is 0.626. The van der Waals surface area contributed by atoms with E-state index in [0.717, 1.165) is 0 Å². The van der Waals surface area contributed by atoms with Crippen LogP contribution in [-0.2, 0) is 16.8 Å². The van der Waals surface area contributed by atoms with E-state index in [4.69, 9.17) is 5.14 Å². The molecule has 0 aliphatic carbocycles. The second-order valence-corrected chi connectivity index (χ2v) is 5.86. The average molecular weight is 273 g/mol. The number of benzene rings is 1. The van der Waals surface area contributed by atoms with Crippen LogP contribution in [0.5, 0.6) is 0 Å². The normalized spacial score (nSPS) is 19.0. The Hall–Kier alpha value is -1.02. The van der Waals surface area contributed by atoms with Crippen molar-refractivity contribution in [3.8, 4) is 0 Å². The van der Waals surface area contributed by atoms with Gasteiger partial charge in [0.1, 0.15) is 5.82 Å². The fraction of sp³-hybridized carbons (Fsp3) is 0.455. The SMILES string of the molecule is NS(=O)(=O)N1CCN(Cc2ccccc2F)CC1. The molecule has 0 amide bonds. The van der Waals surface area contributed by atoms with Crippen molar-refractivity contribution in [3.63, 3.8) is 0 Å². The van der Waals surface area contributed by atoms with Crippen LogP contribution in [0.2, 0.25) is 0 Å². The summed E-state index contributed by atoms with van der Waals surface area (Å²) in [7, 11) is -3.60. The molecule has 18 heavy (non-hydrogen) atoms. The molecule has 0 radical (unpaired) electrons. The van der Waals surface area contributed by atoms with Gasteiger partial charge < -0.3 is 0 Å². The van der Waals surface area contributed by atoms with E-state index in [1.165, 1.54) is 10.4 Å². The summed E-state index contributed by atoms with van der Waals surface area (Å²) in [6, 6.07) is 6.61. The third-order valence-electron chi connectivity index (χ3n) is 3.04. The number of halogens is 1. The highest BCUT2D eigenvalue weighted by atomic mass is 32.2. The zero-order chi connectivity index (χ0) is 13.2. The van der Waals surface area contributed by atoms with E-state index in [1.807, 2.05) is 4.90 Å². The molecule has 0 saturated carbocycles. The fourth-order valence-electron chi connectivity index (χ4n) is 2.01. The summed E-state index contributed by atoms with van der Waals surface area (Å²) in [6.45, 7) is 2.32. The van der Waals surface area contributed by atoms with Gasteiger partial charge in [-0.15, -0.1) is 0 Å². The highest BCUT2D eigenvalue weighted by molar-refractivity contribution is 7.86. The Labute approximate surface area is 106 Å². The number of piperazine rings is 1. The van der Waals surface area contributed by atoms with Gasteiger partial charge in [0, 0.05) is 38.3 Å². The van der Waals surface area contributed by atoms with Gasteiger partial charge >= 0.3 is 0 Å². The first-order chi connectivity index (χ1) is 8.47. The largest absolute Gasteiger partial charge is 0.296 e. The molecule has 5 nitrogen and oxygen atoms in total. The van der Waals surface area contributed by atoms with E-state index < -0.39 is 10.2 Å². The average Bonchev–Trinajstić information content (AvgIpc) is 2.32. The lowest BCUT2D eigenvalue weighted by Gasteiger charge is -2.32. The zero-order valence-electron chi connectivity index (χ0n) is 9.92. The fourth-order valence-corrected chi connectivity index (χ4v) is 2.68. The lowest BCUT2D eigenvalue weighted by Crippen LogP contribution is -2.50. The van der Waals surface area contributed by atoms with Crippen molar-refractivity contribution in [3.05, 3.63) is 35.6 Å². The third kappa shape index (κ3) is 3.26. The molecule has 0 aromatic heterocycles. The molecular weight excluding hydrogens is 257 g/mol. The van der Waals surface area contributed by atoms with Gasteiger partial charge in [0.25, 0.3) is 10.2 Å². The molecule has 2 rings (SSSR count). The maximum absolute atomic E-state index is 13.5. The van der Waals surface area contributed by atoms with E-state index in [9.17, 15) is 12.8 Å². The first-order valence-corrected chi connectivity index (χ1v) is 7.21. The Kier molecular flexibility index (Phi) is 3.96. The van der Waals surface area contributed by atoms with Crippen molar-refractivity contribution >= 4 is 10.2 Å². The Bertz CT molecular complexity index is 513. The molecular formula is C11H16FN3O2S. The third-order valence-corrected chi connectivity index (χ3v) is 4.13. The standard InChI is InChI=1S/C11H16FN3O2S/c12-11-4-2-1-3-10(11)9-14-5-7-15(8-6-14)18(13,16)17/h1-4H,5-9H2,(H2,13,16,17). The number of hydrogen-bond acceptors (Lipinski definition) is 3. The number of nitrogens with zero attached hydrogens (tertiary/aromatic N) is 2. The predicted octanol–water partition coefficient (Wildman–Crippen LogP) is 0.147. The van der Waals surface area contributed by atoms with E-state index in [2.05, 4.69) is 0 Å². The monoisotopic (exact) mass is 273 g/mol. The van der Waals surface area contributed by atoms with Crippen molar-refractivity contribution in [1.29, 1.82) is 0 Å². The second kappa shape index (κ2) is 5.31. The summed E-state index contributed by atoms with van der Waals surface area (Å²) < 4.78 is 37.0. The van der Waals surface area contributed by atoms with Crippen LogP contribution in [0.1, 0.15) is 5.56 Å². The number of nitrogens with two attached hydrogens (primary N) is 1. The van der Waals surface area contributed by atoms with Crippen LogP contribution in [0.3, 0.4) is 0 Å². The molecule has 1 saturated heterocycles. The minimum Gasteiger partial charge on any atom is -0.296 e. The Morgan fingerprint density at radius 3 is 2.33 bits per heavy atom. The molecule has 1 fully saturated rings. The molecule has 0 unspecified atom stereocenters. The summed E-state index contributed by atoms with van der Waals surface area (Å²) in [6.07, 6.45) is 0. The van der Waals surface area contributed by atoms with Gasteiger partial charge in [-0.25, -0.2) is 9.53 Å². The van der Waals surface area contributed by atoms with Crippen molar-refractivity contribution < 1.29 is 12.8 Å². The molecule has 1 aliphatic heterocycles. The minimum atomic E-state index is -3.60. The van der Waals surface area contributed by atoms with E-state index in [-0.39, 0.29) is 5.82 Å². The molecule has 1 aromatic carbocycles.